The van der Waals surface area contributed by atoms with Crippen molar-refractivity contribution in [2.45, 2.75) is 225 Å². The van der Waals surface area contributed by atoms with Crippen LogP contribution >= 0.6 is 7.60 Å². The molecule has 0 aromatic carbocycles. The van der Waals surface area contributed by atoms with Gasteiger partial charge in [-0.2, -0.15) is 0 Å². The molecular weight excluding hydrogens is 651 g/mol. The minimum Gasteiger partial charge on any atom is -0.462 e. The summed E-state index contributed by atoms with van der Waals surface area (Å²) < 4.78 is 27.4. The van der Waals surface area contributed by atoms with Crippen LogP contribution in [0.3, 0.4) is 0 Å². The van der Waals surface area contributed by atoms with E-state index in [1.165, 1.54) is 154 Å². The molecule has 0 aromatic heterocycles. The number of carbonyl (C=O) groups excluding carboxylic acids is 2. The van der Waals surface area contributed by atoms with Gasteiger partial charge in [0.15, 0.2) is 6.10 Å². The van der Waals surface area contributed by atoms with Gasteiger partial charge < -0.3 is 24.0 Å². The Hall–Kier alpha value is -0.950. The monoisotopic (exact) mass is 733 g/mol. The Kier molecular flexibility index (Phi) is 37.1. The van der Waals surface area contributed by atoms with Gasteiger partial charge in [0, 0.05) is 12.8 Å². The quantitative estimate of drug-likeness (QED) is 0.0363. The molecule has 50 heavy (non-hydrogen) atoms. The van der Waals surface area contributed by atoms with Crippen LogP contribution in [0, 0.1) is 0 Å². The van der Waals surface area contributed by atoms with E-state index in [0.29, 0.717) is 12.8 Å². The van der Waals surface area contributed by atoms with Crippen molar-refractivity contribution in [2.75, 3.05) is 26.0 Å². The lowest BCUT2D eigenvalue weighted by atomic mass is 10.0. The SMILES string of the molecule is CCCCCCCCCCCCCCCCCC(=O)OC[C@H](COCCP(=O)(O)O)OC(=O)CCCCCCCCCCCCCCCCC. The summed E-state index contributed by atoms with van der Waals surface area (Å²) in [6, 6.07) is 0. The highest BCUT2D eigenvalue weighted by atomic mass is 31.2. The minimum absolute atomic E-state index is 0.0726. The topological polar surface area (TPSA) is 119 Å². The summed E-state index contributed by atoms with van der Waals surface area (Å²) >= 11 is 0. The van der Waals surface area contributed by atoms with Gasteiger partial charge in [-0.25, -0.2) is 0 Å². The van der Waals surface area contributed by atoms with Gasteiger partial charge in [0.05, 0.1) is 19.4 Å². The highest BCUT2D eigenvalue weighted by Crippen LogP contribution is 2.33. The van der Waals surface area contributed by atoms with Gasteiger partial charge in [-0.15, -0.1) is 0 Å². The van der Waals surface area contributed by atoms with Crippen molar-refractivity contribution in [2.24, 2.45) is 0 Å². The lowest BCUT2D eigenvalue weighted by Gasteiger charge is -2.18. The van der Waals surface area contributed by atoms with Crippen LogP contribution in [0.2, 0.25) is 0 Å². The van der Waals surface area contributed by atoms with Gasteiger partial charge in [-0.3, -0.25) is 14.2 Å². The molecule has 2 N–H and O–H groups in total. The molecule has 0 saturated carbocycles. The smallest absolute Gasteiger partial charge is 0.327 e. The van der Waals surface area contributed by atoms with Crippen molar-refractivity contribution in [3.05, 3.63) is 0 Å². The van der Waals surface area contributed by atoms with Crippen LogP contribution in [0.4, 0.5) is 0 Å². The predicted octanol–water partition coefficient (Wildman–Crippen LogP) is 12.2. The molecule has 0 aliphatic heterocycles. The van der Waals surface area contributed by atoms with E-state index in [1.807, 2.05) is 0 Å². The molecule has 9 heteroatoms. The average molecular weight is 733 g/mol. The number of carbonyl (C=O) groups is 2. The number of hydrogen-bond donors (Lipinski definition) is 2. The average Bonchev–Trinajstić information content (AvgIpc) is 3.08. The number of hydrogen-bond acceptors (Lipinski definition) is 6. The first-order valence-electron chi connectivity index (χ1n) is 21.3. The fraction of sp³-hybridized carbons (Fsp3) is 0.951. The van der Waals surface area contributed by atoms with Crippen molar-refractivity contribution in [3.63, 3.8) is 0 Å². The van der Waals surface area contributed by atoms with Crippen LogP contribution in [0.5, 0.6) is 0 Å². The summed E-state index contributed by atoms with van der Waals surface area (Å²) in [5, 5.41) is 0. The second-order valence-corrected chi connectivity index (χ2v) is 16.4. The van der Waals surface area contributed by atoms with Gasteiger partial charge in [0.25, 0.3) is 0 Å². The molecule has 0 heterocycles. The molecular formula is C41H81O8P. The van der Waals surface area contributed by atoms with E-state index < -0.39 is 19.9 Å². The maximum atomic E-state index is 12.5. The Morgan fingerprint density at radius 3 is 1.14 bits per heavy atom. The van der Waals surface area contributed by atoms with Crippen molar-refractivity contribution in [3.8, 4) is 0 Å². The molecule has 298 valence electrons. The summed E-state index contributed by atoms with van der Waals surface area (Å²) in [5.74, 6) is -0.680. The van der Waals surface area contributed by atoms with E-state index in [4.69, 9.17) is 24.0 Å². The molecule has 0 amide bonds. The third-order valence-corrected chi connectivity index (χ3v) is 10.3. The maximum absolute atomic E-state index is 12.5. The van der Waals surface area contributed by atoms with Crippen molar-refractivity contribution >= 4 is 19.5 Å². The number of ether oxygens (including phenoxy) is 3. The Morgan fingerprint density at radius 2 is 0.800 bits per heavy atom. The first-order chi connectivity index (χ1) is 24.3. The van der Waals surface area contributed by atoms with Crippen molar-refractivity contribution in [1.82, 2.24) is 0 Å². The fourth-order valence-electron chi connectivity index (χ4n) is 6.30. The van der Waals surface area contributed by atoms with Crippen LogP contribution in [0.1, 0.15) is 219 Å². The zero-order chi connectivity index (χ0) is 36.8. The summed E-state index contributed by atoms with van der Waals surface area (Å²) in [7, 11) is -4.18. The predicted molar refractivity (Wildman–Crippen MR) is 208 cm³/mol. The van der Waals surface area contributed by atoms with Crippen molar-refractivity contribution < 1.29 is 38.2 Å². The summed E-state index contributed by atoms with van der Waals surface area (Å²) in [4.78, 5) is 43.0. The summed E-state index contributed by atoms with van der Waals surface area (Å²) in [6.07, 6.45) is 37.2. The highest BCUT2D eigenvalue weighted by molar-refractivity contribution is 7.51. The third-order valence-electron chi connectivity index (χ3n) is 9.53. The summed E-state index contributed by atoms with van der Waals surface area (Å²) in [6.45, 7) is 4.17. The Bertz CT molecular complexity index is 787. The van der Waals surface area contributed by atoms with Gasteiger partial charge in [-0.05, 0) is 12.8 Å². The Labute approximate surface area is 308 Å². The van der Waals surface area contributed by atoms with Gasteiger partial charge >= 0.3 is 19.5 Å². The normalized spacial score (nSPS) is 12.3. The van der Waals surface area contributed by atoms with E-state index in [2.05, 4.69) is 13.8 Å². The first kappa shape index (κ1) is 49.0. The largest absolute Gasteiger partial charge is 0.462 e. The molecule has 0 rings (SSSR count). The second-order valence-electron chi connectivity index (χ2n) is 14.7. The minimum atomic E-state index is -4.18. The first-order valence-corrected chi connectivity index (χ1v) is 23.1. The van der Waals surface area contributed by atoms with Crippen LogP contribution < -0.4 is 0 Å². The van der Waals surface area contributed by atoms with E-state index in [-0.39, 0.29) is 31.8 Å². The lowest BCUT2D eigenvalue weighted by molar-refractivity contribution is -0.162. The number of esters is 2. The van der Waals surface area contributed by atoms with Gasteiger partial charge in [0.1, 0.15) is 6.61 Å². The van der Waals surface area contributed by atoms with E-state index >= 15 is 0 Å². The lowest BCUT2D eigenvalue weighted by Crippen LogP contribution is -2.30. The maximum Gasteiger partial charge on any atom is 0.327 e. The van der Waals surface area contributed by atoms with Gasteiger partial charge in [-0.1, -0.05) is 194 Å². The van der Waals surface area contributed by atoms with Crippen LogP contribution in [-0.4, -0.2) is 53.8 Å². The zero-order valence-corrected chi connectivity index (χ0v) is 33.7. The molecule has 0 aliphatic carbocycles. The molecule has 0 radical (unpaired) electrons. The molecule has 0 fully saturated rings. The van der Waals surface area contributed by atoms with Crippen LogP contribution in [-0.2, 0) is 28.4 Å². The zero-order valence-electron chi connectivity index (χ0n) is 32.8. The van der Waals surface area contributed by atoms with Crippen molar-refractivity contribution in [1.29, 1.82) is 0 Å². The Balaban J connectivity index is 3.99. The Morgan fingerprint density at radius 1 is 0.480 bits per heavy atom. The molecule has 0 aromatic rings. The number of rotatable bonds is 40. The fourth-order valence-corrected chi connectivity index (χ4v) is 6.67. The third kappa shape index (κ3) is 39.8. The standard InChI is InChI=1S/C41H81O8P/c1-3-5-7-9-11-13-15-17-19-21-23-25-27-29-31-33-40(42)48-38-39(37-47-35-36-50(44,45)46)49-41(43)34-32-30-28-26-24-22-20-18-16-14-12-10-8-6-4-2/h39H,3-38H2,1-2H3,(H2,44,45,46)/t39-/m0/s1. The van der Waals surface area contributed by atoms with E-state index in [1.54, 1.807) is 0 Å². The summed E-state index contributed by atoms with van der Waals surface area (Å²) in [5.41, 5.74) is 0. The van der Waals surface area contributed by atoms with Gasteiger partial charge in [0.2, 0.25) is 0 Å². The number of unbranched alkanes of at least 4 members (excludes halogenated alkanes) is 28. The van der Waals surface area contributed by atoms with Crippen LogP contribution in [0.25, 0.3) is 0 Å². The molecule has 1 atom stereocenters. The highest BCUT2D eigenvalue weighted by Gasteiger charge is 2.19. The van der Waals surface area contributed by atoms with Crippen LogP contribution in [0.15, 0.2) is 0 Å². The molecule has 0 saturated heterocycles. The van der Waals surface area contributed by atoms with E-state index in [9.17, 15) is 14.2 Å². The second kappa shape index (κ2) is 37.8. The molecule has 8 nitrogen and oxygen atoms in total. The molecule has 0 spiro atoms. The molecule has 0 aliphatic rings. The molecule has 0 bridgehead atoms. The molecule has 0 unspecified atom stereocenters. The van der Waals surface area contributed by atoms with E-state index in [0.717, 1.165) is 38.5 Å².